The maximum Gasteiger partial charge on any atom is 0.261 e. The molecule has 4 rings (SSSR count). The van der Waals surface area contributed by atoms with E-state index in [-0.39, 0.29) is 48.7 Å². The van der Waals surface area contributed by atoms with Gasteiger partial charge in [0.15, 0.2) is 0 Å². The highest BCUT2D eigenvalue weighted by Crippen LogP contribution is 2.24. The number of benzene rings is 2. The fourth-order valence-corrected chi connectivity index (χ4v) is 5.94. The second-order valence-corrected chi connectivity index (χ2v) is 11.0. The number of hydrogen-bond donors (Lipinski definition) is 0. The predicted molar refractivity (Wildman–Crippen MR) is 132 cm³/mol. The van der Waals surface area contributed by atoms with Crippen LogP contribution < -0.4 is 0 Å². The molecule has 1 atom stereocenters. The van der Waals surface area contributed by atoms with Gasteiger partial charge >= 0.3 is 0 Å². The van der Waals surface area contributed by atoms with Crippen LogP contribution in [0.1, 0.15) is 65.3 Å². The Balaban J connectivity index is 1.27. The molecular formula is C26H31N3O5S. The van der Waals surface area contributed by atoms with E-state index in [4.69, 9.17) is 0 Å². The fourth-order valence-electron chi connectivity index (χ4n) is 4.52. The molecule has 2 aliphatic heterocycles. The van der Waals surface area contributed by atoms with E-state index in [0.29, 0.717) is 36.6 Å². The van der Waals surface area contributed by atoms with Crippen LogP contribution in [0.5, 0.6) is 0 Å². The lowest BCUT2D eigenvalue weighted by atomic mass is 9.99. The van der Waals surface area contributed by atoms with E-state index in [2.05, 4.69) is 13.8 Å². The van der Waals surface area contributed by atoms with E-state index < -0.39 is 10.0 Å². The number of rotatable bonds is 8. The molecule has 0 saturated carbocycles. The second-order valence-electron chi connectivity index (χ2n) is 9.07. The molecule has 1 saturated heterocycles. The van der Waals surface area contributed by atoms with Crippen molar-refractivity contribution in [3.05, 3.63) is 65.2 Å². The normalized spacial score (nSPS) is 17.5. The molecule has 1 fully saturated rings. The molecule has 8 nitrogen and oxygen atoms in total. The van der Waals surface area contributed by atoms with E-state index >= 15 is 0 Å². The van der Waals surface area contributed by atoms with Crippen LogP contribution in [-0.4, -0.2) is 73.0 Å². The summed E-state index contributed by atoms with van der Waals surface area (Å²) in [6.07, 6.45) is 1.54. The highest BCUT2D eigenvalue weighted by Gasteiger charge is 2.35. The smallest absolute Gasteiger partial charge is 0.261 e. The number of hydrogen-bond acceptors (Lipinski definition) is 5. The standard InChI is InChI=1S/C26H31N3O5S/c1-3-19(2)20-10-12-21(13-11-20)35(33,34)28-17-15-27(16-18-28)24(30)9-6-14-29-25(31)22-7-4-5-8-23(22)26(29)32/h4-5,7-8,10-13,19H,3,6,9,14-18H2,1-2H3. The zero-order valence-electron chi connectivity index (χ0n) is 20.1. The topological polar surface area (TPSA) is 95.1 Å². The Morgan fingerprint density at radius 3 is 2.03 bits per heavy atom. The van der Waals surface area contributed by atoms with Crippen LogP contribution in [-0.2, 0) is 14.8 Å². The van der Waals surface area contributed by atoms with Crippen LogP contribution in [0.15, 0.2) is 53.4 Å². The van der Waals surface area contributed by atoms with Gasteiger partial charge in [-0.2, -0.15) is 4.31 Å². The first kappa shape index (κ1) is 25.1. The lowest BCUT2D eigenvalue weighted by molar-refractivity contribution is -0.132. The minimum atomic E-state index is -3.61. The van der Waals surface area contributed by atoms with Gasteiger partial charge in [0.25, 0.3) is 11.8 Å². The van der Waals surface area contributed by atoms with Crippen LogP contribution in [0.25, 0.3) is 0 Å². The van der Waals surface area contributed by atoms with Gasteiger partial charge in [0.2, 0.25) is 15.9 Å². The molecule has 35 heavy (non-hydrogen) atoms. The van der Waals surface area contributed by atoms with Crippen molar-refractivity contribution in [2.24, 2.45) is 0 Å². The lowest BCUT2D eigenvalue weighted by Gasteiger charge is -2.34. The molecule has 2 aliphatic rings. The molecule has 0 bridgehead atoms. The van der Waals surface area contributed by atoms with Crippen LogP contribution in [0.2, 0.25) is 0 Å². The predicted octanol–water partition coefficient (Wildman–Crippen LogP) is 3.11. The summed E-state index contributed by atoms with van der Waals surface area (Å²) >= 11 is 0. The van der Waals surface area contributed by atoms with Crippen molar-refractivity contribution in [1.82, 2.24) is 14.1 Å². The highest BCUT2D eigenvalue weighted by molar-refractivity contribution is 7.89. The largest absolute Gasteiger partial charge is 0.340 e. The molecule has 9 heteroatoms. The first-order chi connectivity index (χ1) is 16.7. The third kappa shape index (κ3) is 5.01. The minimum absolute atomic E-state index is 0.100. The van der Waals surface area contributed by atoms with Gasteiger partial charge in [-0.15, -0.1) is 0 Å². The molecule has 3 amide bonds. The first-order valence-electron chi connectivity index (χ1n) is 12.1. The van der Waals surface area contributed by atoms with Gasteiger partial charge in [-0.05, 0) is 48.6 Å². The Hall–Kier alpha value is -3.04. The Morgan fingerprint density at radius 1 is 0.914 bits per heavy atom. The van der Waals surface area contributed by atoms with E-state index in [1.807, 2.05) is 12.1 Å². The number of fused-ring (bicyclic) bond motifs is 1. The van der Waals surface area contributed by atoms with E-state index in [1.54, 1.807) is 41.3 Å². The van der Waals surface area contributed by atoms with Crippen molar-refractivity contribution >= 4 is 27.7 Å². The zero-order chi connectivity index (χ0) is 25.2. The molecule has 0 radical (unpaired) electrons. The molecule has 0 aliphatic carbocycles. The molecule has 2 aromatic carbocycles. The van der Waals surface area contributed by atoms with Gasteiger partial charge in [0.05, 0.1) is 16.0 Å². The third-order valence-corrected chi connectivity index (χ3v) is 8.85. The number of piperazine rings is 1. The lowest BCUT2D eigenvalue weighted by Crippen LogP contribution is -2.50. The minimum Gasteiger partial charge on any atom is -0.340 e. The molecule has 2 heterocycles. The summed E-state index contributed by atoms with van der Waals surface area (Å²) < 4.78 is 27.5. The van der Waals surface area contributed by atoms with Crippen LogP contribution in [0, 0.1) is 0 Å². The van der Waals surface area contributed by atoms with Gasteiger partial charge in [-0.3, -0.25) is 19.3 Å². The fraction of sp³-hybridized carbons (Fsp3) is 0.423. The average Bonchev–Trinajstić information content (AvgIpc) is 3.13. The van der Waals surface area contributed by atoms with Crippen molar-refractivity contribution in [2.45, 2.75) is 43.9 Å². The number of sulfonamides is 1. The Morgan fingerprint density at radius 2 is 1.49 bits per heavy atom. The van der Waals surface area contributed by atoms with Gasteiger partial charge in [-0.1, -0.05) is 38.1 Å². The molecular weight excluding hydrogens is 466 g/mol. The van der Waals surface area contributed by atoms with Crippen molar-refractivity contribution < 1.29 is 22.8 Å². The molecule has 186 valence electrons. The molecule has 0 spiro atoms. The zero-order valence-corrected chi connectivity index (χ0v) is 21.0. The molecule has 1 unspecified atom stereocenters. The number of amides is 3. The Labute approximate surface area is 206 Å². The van der Waals surface area contributed by atoms with E-state index in [1.165, 1.54) is 9.21 Å². The van der Waals surface area contributed by atoms with Crippen LogP contribution in [0.3, 0.4) is 0 Å². The third-order valence-electron chi connectivity index (χ3n) is 6.94. The van der Waals surface area contributed by atoms with Gasteiger partial charge < -0.3 is 4.90 Å². The molecule has 0 aromatic heterocycles. The first-order valence-corrected chi connectivity index (χ1v) is 13.5. The maximum absolute atomic E-state index is 13.0. The SMILES string of the molecule is CCC(C)c1ccc(S(=O)(=O)N2CCN(C(=O)CCCN3C(=O)c4ccccc4C3=O)CC2)cc1. The molecule has 2 aromatic rings. The van der Waals surface area contributed by atoms with Crippen molar-refractivity contribution in [1.29, 1.82) is 0 Å². The number of carbonyl (C=O) groups is 3. The summed E-state index contributed by atoms with van der Waals surface area (Å²) in [6, 6.07) is 13.8. The molecule has 0 N–H and O–H groups in total. The van der Waals surface area contributed by atoms with E-state index in [0.717, 1.165) is 12.0 Å². The van der Waals surface area contributed by atoms with Crippen molar-refractivity contribution in [3.63, 3.8) is 0 Å². The quantitative estimate of drug-likeness (QED) is 0.523. The summed E-state index contributed by atoms with van der Waals surface area (Å²) in [5, 5.41) is 0. The van der Waals surface area contributed by atoms with Gasteiger partial charge in [-0.25, -0.2) is 8.42 Å². The monoisotopic (exact) mass is 497 g/mol. The second kappa shape index (κ2) is 10.3. The number of carbonyl (C=O) groups excluding carboxylic acids is 3. The Kier molecular flexibility index (Phi) is 7.37. The maximum atomic E-state index is 13.0. The van der Waals surface area contributed by atoms with Crippen molar-refractivity contribution in [3.8, 4) is 0 Å². The van der Waals surface area contributed by atoms with Gasteiger partial charge in [0.1, 0.15) is 0 Å². The summed E-state index contributed by atoms with van der Waals surface area (Å²) in [6.45, 7) is 5.49. The number of nitrogens with zero attached hydrogens (tertiary/aromatic N) is 3. The van der Waals surface area contributed by atoms with Crippen LogP contribution >= 0.6 is 0 Å². The van der Waals surface area contributed by atoms with Crippen molar-refractivity contribution in [2.75, 3.05) is 32.7 Å². The van der Waals surface area contributed by atoms with Crippen LogP contribution in [0.4, 0.5) is 0 Å². The average molecular weight is 498 g/mol. The Bertz CT molecular complexity index is 1180. The van der Waals surface area contributed by atoms with Gasteiger partial charge in [0, 0.05) is 39.1 Å². The van der Waals surface area contributed by atoms with E-state index in [9.17, 15) is 22.8 Å². The summed E-state index contributed by atoms with van der Waals surface area (Å²) in [5.41, 5.74) is 1.91. The highest BCUT2D eigenvalue weighted by atomic mass is 32.2. The summed E-state index contributed by atoms with van der Waals surface area (Å²) in [7, 11) is -3.61. The summed E-state index contributed by atoms with van der Waals surface area (Å²) in [4.78, 5) is 40.7. The number of imide groups is 1. The summed E-state index contributed by atoms with van der Waals surface area (Å²) in [5.74, 6) is -0.377.